The standard InChI is InChI=1S/C18H21N3O3S2/c22-16(4-6-19-17(23)15-3-1-11-26-15)20-7-2-8-21(10-9-20)18(24)14-5-12-25-13-14/h1,3,5,11-13H,2,4,6-10H2,(H,19,23). The van der Waals surface area contributed by atoms with Crippen LogP contribution in [0.1, 0.15) is 32.9 Å². The number of nitrogens with zero attached hydrogens (tertiary/aromatic N) is 2. The Kier molecular flexibility index (Phi) is 6.40. The first kappa shape index (κ1) is 18.6. The van der Waals surface area contributed by atoms with Crippen LogP contribution < -0.4 is 5.32 Å². The minimum absolute atomic E-state index is 0.0151. The summed E-state index contributed by atoms with van der Waals surface area (Å²) in [7, 11) is 0. The van der Waals surface area contributed by atoms with Crippen molar-refractivity contribution in [3.05, 3.63) is 44.8 Å². The zero-order valence-corrected chi connectivity index (χ0v) is 16.0. The SMILES string of the molecule is O=C(NCCC(=O)N1CCCN(C(=O)c2ccsc2)CC1)c1cccs1. The first-order valence-electron chi connectivity index (χ1n) is 8.56. The van der Waals surface area contributed by atoms with E-state index in [0.29, 0.717) is 43.2 Å². The van der Waals surface area contributed by atoms with Gasteiger partial charge in [0.25, 0.3) is 11.8 Å². The van der Waals surface area contributed by atoms with E-state index in [-0.39, 0.29) is 24.1 Å². The van der Waals surface area contributed by atoms with E-state index >= 15 is 0 Å². The molecule has 0 spiro atoms. The topological polar surface area (TPSA) is 69.7 Å². The van der Waals surface area contributed by atoms with Crippen molar-refractivity contribution in [2.45, 2.75) is 12.8 Å². The number of hydrogen-bond donors (Lipinski definition) is 1. The molecular formula is C18H21N3O3S2. The van der Waals surface area contributed by atoms with E-state index in [0.717, 1.165) is 6.42 Å². The van der Waals surface area contributed by atoms with Crippen molar-refractivity contribution in [2.24, 2.45) is 0 Å². The molecule has 1 fully saturated rings. The Morgan fingerprint density at radius 2 is 1.85 bits per heavy atom. The van der Waals surface area contributed by atoms with Gasteiger partial charge in [0.15, 0.2) is 0 Å². The van der Waals surface area contributed by atoms with E-state index in [1.165, 1.54) is 22.7 Å². The maximum Gasteiger partial charge on any atom is 0.261 e. The van der Waals surface area contributed by atoms with Gasteiger partial charge < -0.3 is 15.1 Å². The summed E-state index contributed by atoms with van der Waals surface area (Å²) in [5.41, 5.74) is 0.714. The van der Waals surface area contributed by atoms with Crippen LogP contribution in [0.5, 0.6) is 0 Å². The van der Waals surface area contributed by atoms with Crippen LogP contribution in [0.4, 0.5) is 0 Å². The highest BCUT2D eigenvalue weighted by Gasteiger charge is 2.22. The van der Waals surface area contributed by atoms with Gasteiger partial charge in [-0.25, -0.2) is 0 Å². The Balaban J connectivity index is 1.44. The first-order chi connectivity index (χ1) is 12.6. The number of hydrogen-bond acceptors (Lipinski definition) is 5. The van der Waals surface area contributed by atoms with Crippen molar-refractivity contribution >= 4 is 40.4 Å². The van der Waals surface area contributed by atoms with Gasteiger partial charge in [-0.05, 0) is 29.3 Å². The highest BCUT2D eigenvalue weighted by atomic mass is 32.1. The van der Waals surface area contributed by atoms with Gasteiger partial charge in [-0.15, -0.1) is 11.3 Å². The van der Waals surface area contributed by atoms with Gasteiger partial charge in [0.05, 0.1) is 10.4 Å². The zero-order valence-electron chi connectivity index (χ0n) is 14.3. The van der Waals surface area contributed by atoms with Crippen molar-refractivity contribution in [1.29, 1.82) is 0 Å². The molecule has 2 aromatic heterocycles. The molecule has 0 aliphatic carbocycles. The lowest BCUT2D eigenvalue weighted by atomic mass is 10.3. The second-order valence-corrected chi connectivity index (χ2v) is 7.75. The van der Waals surface area contributed by atoms with Crippen LogP contribution in [0.3, 0.4) is 0 Å². The molecule has 1 N–H and O–H groups in total. The van der Waals surface area contributed by atoms with Gasteiger partial charge in [0.2, 0.25) is 5.91 Å². The van der Waals surface area contributed by atoms with Crippen LogP contribution in [0.2, 0.25) is 0 Å². The van der Waals surface area contributed by atoms with Gasteiger partial charge >= 0.3 is 0 Å². The quantitative estimate of drug-likeness (QED) is 0.850. The molecule has 3 amide bonds. The fraction of sp³-hybridized carbons (Fsp3) is 0.389. The number of carbonyl (C=O) groups excluding carboxylic acids is 3. The Labute approximate surface area is 160 Å². The lowest BCUT2D eigenvalue weighted by molar-refractivity contribution is -0.130. The Hall–Kier alpha value is -2.19. The van der Waals surface area contributed by atoms with Gasteiger partial charge in [-0.3, -0.25) is 14.4 Å². The molecule has 1 saturated heterocycles. The summed E-state index contributed by atoms with van der Waals surface area (Å²) in [4.78, 5) is 41.0. The summed E-state index contributed by atoms with van der Waals surface area (Å²) in [6, 6.07) is 5.41. The second-order valence-electron chi connectivity index (χ2n) is 6.02. The van der Waals surface area contributed by atoms with Crippen molar-refractivity contribution in [1.82, 2.24) is 15.1 Å². The molecule has 6 nitrogen and oxygen atoms in total. The molecule has 138 valence electrons. The molecule has 2 aromatic rings. The van der Waals surface area contributed by atoms with E-state index in [1.54, 1.807) is 11.0 Å². The van der Waals surface area contributed by atoms with Crippen molar-refractivity contribution in [2.75, 3.05) is 32.7 Å². The third kappa shape index (κ3) is 4.70. The molecule has 3 rings (SSSR count). The molecule has 3 heterocycles. The zero-order chi connectivity index (χ0) is 18.4. The summed E-state index contributed by atoms with van der Waals surface area (Å²) in [5, 5.41) is 8.37. The number of carbonyl (C=O) groups is 3. The third-order valence-electron chi connectivity index (χ3n) is 4.27. The molecule has 26 heavy (non-hydrogen) atoms. The van der Waals surface area contributed by atoms with Crippen LogP contribution in [-0.2, 0) is 4.79 Å². The summed E-state index contributed by atoms with van der Waals surface area (Å²) >= 11 is 2.89. The van der Waals surface area contributed by atoms with E-state index in [9.17, 15) is 14.4 Å². The number of nitrogens with one attached hydrogen (secondary N) is 1. The fourth-order valence-corrected chi connectivity index (χ4v) is 4.14. The first-order valence-corrected chi connectivity index (χ1v) is 10.4. The molecule has 1 aliphatic heterocycles. The molecule has 1 aliphatic rings. The molecule has 0 radical (unpaired) electrons. The van der Waals surface area contributed by atoms with Gasteiger partial charge in [-0.1, -0.05) is 6.07 Å². The lowest BCUT2D eigenvalue weighted by Gasteiger charge is -2.22. The van der Waals surface area contributed by atoms with Crippen LogP contribution in [0, 0.1) is 0 Å². The van der Waals surface area contributed by atoms with Gasteiger partial charge in [-0.2, -0.15) is 11.3 Å². The van der Waals surface area contributed by atoms with Gasteiger partial charge in [0, 0.05) is 44.5 Å². The van der Waals surface area contributed by atoms with E-state index in [1.807, 2.05) is 33.2 Å². The molecule has 0 bridgehead atoms. The van der Waals surface area contributed by atoms with Crippen LogP contribution in [0.25, 0.3) is 0 Å². The minimum Gasteiger partial charge on any atom is -0.351 e. The average Bonchev–Trinajstić information content (AvgIpc) is 3.31. The predicted molar refractivity (Wildman–Crippen MR) is 103 cm³/mol. The Morgan fingerprint density at radius 3 is 2.58 bits per heavy atom. The Morgan fingerprint density at radius 1 is 1.04 bits per heavy atom. The Bertz CT molecular complexity index is 744. The monoisotopic (exact) mass is 391 g/mol. The average molecular weight is 392 g/mol. The summed E-state index contributed by atoms with van der Waals surface area (Å²) in [6.45, 7) is 2.71. The van der Waals surface area contributed by atoms with Crippen molar-refractivity contribution < 1.29 is 14.4 Å². The van der Waals surface area contributed by atoms with Crippen LogP contribution in [0.15, 0.2) is 34.3 Å². The van der Waals surface area contributed by atoms with Gasteiger partial charge in [0.1, 0.15) is 0 Å². The van der Waals surface area contributed by atoms with Crippen LogP contribution in [-0.4, -0.2) is 60.2 Å². The summed E-state index contributed by atoms with van der Waals surface area (Å²) in [6.07, 6.45) is 1.04. The summed E-state index contributed by atoms with van der Waals surface area (Å²) < 4.78 is 0. The van der Waals surface area contributed by atoms with Crippen molar-refractivity contribution in [3.63, 3.8) is 0 Å². The molecule has 0 unspecified atom stereocenters. The predicted octanol–water partition coefficient (Wildman–Crippen LogP) is 2.30. The van der Waals surface area contributed by atoms with E-state index < -0.39 is 0 Å². The highest BCUT2D eigenvalue weighted by molar-refractivity contribution is 7.12. The van der Waals surface area contributed by atoms with E-state index in [4.69, 9.17) is 0 Å². The summed E-state index contributed by atoms with van der Waals surface area (Å²) in [5.74, 6) is -0.0960. The minimum atomic E-state index is -0.142. The molecule has 0 atom stereocenters. The normalized spacial score (nSPS) is 14.8. The number of rotatable bonds is 5. The van der Waals surface area contributed by atoms with E-state index in [2.05, 4.69) is 5.32 Å². The maximum absolute atomic E-state index is 12.4. The second kappa shape index (κ2) is 8.95. The molecule has 8 heteroatoms. The maximum atomic E-state index is 12.4. The fourth-order valence-electron chi connectivity index (χ4n) is 2.87. The number of amides is 3. The van der Waals surface area contributed by atoms with Crippen LogP contribution >= 0.6 is 22.7 Å². The molecule has 0 saturated carbocycles. The molecular weight excluding hydrogens is 370 g/mol. The highest BCUT2D eigenvalue weighted by Crippen LogP contribution is 2.13. The smallest absolute Gasteiger partial charge is 0.261 e. The third-order valence-corrected chi connectivity index (χ3v) is 5.83. The molecule has 0 aromatic carbocycles. The lowest BCUT2D eigenvalue weighted by Crippen LogP contribution is -2.38. The largest absolute Gasteiger partial charge is 0.351 e. The number of thiophene rings is 2. The van der Waals surface area contributed by atoms with Crippen molar-refractivity contribution in [3.8, 4) is 0 Å².